The van der Waals surface area contributed by atoms with Crippen molar-refractivity contribution in [3.05, 3.63) is 84.4 Å². The van der Waals surface area contributed by atoms with Gasteiger partial charge in [-0.2, -0.15) is 0 Å². The van der Waals surface area contributed by atoms with Gasteiger partial charge in [0.15, 0.2) is 5.11 Å². The molecule has 8 heteroatoms. The molecule has 1 amide bonds. The average molecular weight is 480 g/mol. The third-order valence-electron chi connectivity index (χ3n) is 4.66. The molecule has 0 spiro atoms. The Morgan fingerprint density at radius 1 is 0.909 bits per heavy atom. The molecule has 0 aliphatic rings. The first-order chi connectivity index (χ1) is 16.0. The third-order valence-corrected chi connectivity index (χ3v) is 6.22. The quantitative estimate of drug-likeness (QED) is 0.214. The summed E-state index contributed by atoms with van der Waals surface area (Å²) in [6.45, 7) is 1.95. The number of esters is 1. The maximum absolute atomic E-state index is 12.9. The van der Waals surface area contributed by atoms with Crippen molar-refractivity contribution in [3.63, 3.8) is 0 Å². The first-order valence-electron chi connectivity index (χ1n) is 10.4. The fourth-order valence-electron chi connectivity index (χ4n) is 3.04. The number of nitrogens with one attached hydrogen (secondary N) is 3. The maximum Gasteiger partial charge on any atom is 0.339 e. The highest BCUT2D eigenvalue weighted by atomic mass is 32.2. The SMILES string of the molecule is CCC(Sc1cccc(NC(=S)Nc2ccccc2)c1)C(=O)Nc1ccccc1C(=O)OC. The number of hydrogen-bond donors (Lipinski definition) is 3. The molecule has 3 N–H and O–H groups in total. The van der Waals surface area contributed by atoms with Crippen molar-refractivity contribution >= 4 is 58.0 Å². The minimum Gasteiger partial charge on any atom is -0.465 e. The van der Waals surface area contributed by atoms with Gasteiger partial charge in [-0.3, -0.25) is 4.79 Å². The molecular weight excluding hydrogens is 454 g/mol. The number of anilines is 3. The Morgan fingerprint density at radius 3 is 2.30 bits per heavy atom. The van der Waals surface area contributed by atoms with Crippen molar-refractivity contribution in [2.45, 2.75) is 23.5 Å². The number of thioether (sulfide) groups is 1. The zero-order chi connectivity index (χ0) is 23.6. The molecule has 6 nitrogen and oxygen atoms in total. The molecule has 0 aliphatic heterocycles. The van der Waals surface area contributed by atoms with Crippen molar-refractivity contribution in [2.75, 3.05) is 23.1 Å². The van der Waals surface area contributed by atoms with Gasteiger partial charge in [-0.25, -0.2) is 4.79 Å². The molecule has 0 bridgehead atoms. The molecule has 0 heterocycles. The summed E-state index contributed by atoms with van der Waals surface area (Å²) in [4.78, 5) is 25.9. The Morgan fingerprint density at radius 2 is 1.58 bits per heavy atom. The number of carbonyl (C=O) groups is 2. The molecule has 170 valence electrons. The predicted octanol–water partition coefficient (Wildman–Crippen LogP) is 5.79. The third kappa shape index (κ3) is 7.06. The highest BCUT2D eigenvalue weighted by molar-refractivity contribution is 8.00. The molecule has 33 heavy (non-hydrogen) atoms. The fourth-order valence-corrected chi connectivity index (χ4v) is 4.29. The topological polar surface area (TPSA) is 79.5 Å². The second kappa shape index (κ2) is 12.0. The number of ether oxygens (including phenoxy) is 1. The van der Waals surface area contributed by atoms with E-state index in [-0.39, 0.29) is 11.2 Å². The Kier molecular flexibility index (Phi) is 8.86. The molecule has 0 saturated heterocycles. The van der Waals surface area contributed by atoms with Crippen molar-refractivity contribution in [2.24, 2.45) is 0 Å². The lowest BCUT2D eigenvalue weighted by Crippen LogP contribution is -2.25. The van der Waals surface area contributed by atoms with Crippen LogP contribution in [0.4, 0.5) is 17.1 Å². The first-order valence-corrected chi connectivity index (χ1v) is 11.7. The van der Waals surface area contributed by atoms with Crippen LogP contribution in [0, 0.1) is 0 Å². The summed E-state index contributed by atoms with van der Waals surface area (Å²) in [7, 11) is 1.31. The lowest BCUT2D eigenvalue weighted by atomic mass is 10.1. The zero-order valence-corrected chi connectivity index (χ0v) is 20.0. The van der Waals surface area contributed by atoms with Gasteiger partial charge < -0.3 is 20.7 Å². The van der Waals surface area contributed by atoms with Crippen molar-refractivity contribution < 1.29 is 14.3 Å². The molecule has 0 aromatic heterocycles. The number of methoxy groups -OCH3 is 1. The van der Waals surface area contributed by atoms with E-state index in [0.29, 0.717) is 22.8 Å². The van der Waals surface area contributed by atoms with Crippen LogP contribution in [0.25, 0.3) is 0 Å². The van der Waals surface area contributed by atoms with Gasteiger partial charge >= 0.3 is 5.97 Å². The molecule has 3 aromatic carbocycles. The highest BCUT2D eigenvalue weighted by Crippen LogP contribution is 2.29. The van der Waals surface area contributed by atoms with Crippen LogP contribution in [0.15, 0.2) is 83.8 Å². The predicted molar refractivity (Wildman–Crippen MR) is 139 cm³/mol. The fraction of sp³-hybridized carbons (Fsp3) is 0.160. The second-order valence-electron chi connectivity index (χ2n) is 7.01. The van der Waals surface area contributed by atoms with Gasteiger partial charge in [0, 0.05) is 16.3 Å². The Hall–Kier alpha value is -3.36. The molecule has 3 rings (SSSR count). The molecule has 1 unspecified atom stereocenters. The average Bonchev–Trinajstić information content (AvgIpc) is 2.83. The second-order valence-corrected chi connectivity index (χ2v) is 8.70. The van der Waals surface area contributed by atoms with E-state index in [1.807, 2.05) is 61.5 Å². The summed E-state index contributed by atoms with van der Waals surface area (Å²) < 4.78 is 4.81. The van der Waals surface area contributed by atoms with Crippen LogP contribution in [0.3, 0.4) is 0 Å². The summed E-state index contributed by atoms with van der Waals surface area (Å²) in [6.07, 6.45) is 0.614. The maximum atomic E-state index is 12.9. The van der Waals surface area contributed by atoms with Gasteiger partial charge in [-0.1, -0.05) is 43.3 Å². The van der Waals surface area contributed by atoms with E-state index in [4.69, 9.17) is 17.0 Å². The lowest BCUT2D eigenvalue weighted by Gasteiger charge is -2.17. The molecule has 0 saturated carbocycles. The van der Waals surface area contributed by atoms with Gasteiger partial charge in [0.2, 0.25) is 5.91 Å². The van der Waals surface area contributed by atoms with Crippen molar-refractivity contribution in [1.29, 1.82) is 0 Å². The number of para-hydroxylation sites is 2. The van der Waals surface area contributed by atoms with Crippen LogP contribution in [0.2, 0.25) is 0 Å². The van der Waals surface area contributed by atoms with E-state index >= 15 is 0 Å². The van der Waals surface area contributed by atoms with Crippen LogP contribution in [0.1, 0.15) is 23.7 Å². The first kappa shape index (κ1) is 24.3. The minimum absolute atomic E-state index is 0.182. The number of benzene rings is 3. The molecule has 0 aliphatic carbocycles. The smallest absolute Gasteiger partial charge is 0.339 e. The Balaban J connectivity index is 1.65. The van der Waals surface area contributed by atoms with Crippen molar-refractivity contribution in [3.8, 4) is 0 Å². The molecular formula is C25H25N3O3S2. The summed E-state index contributed by atoms with van der Waals surface area (Å²) in [6, 6.07) is 24.2. The molecule has 0 radical (unpaired) electrons. The van der Waals surface area contributed by atoms with Crippen molar-refractivity contribution in [1.82, 2.24) is 0 Å². The number of thiocarbonyl (C=S) groups is 1. The van der Waals surface area contributed by atoms with E-state index in [9.17, 15) is 9.59 Å². The van der Waals surface area contributed by atoms with E-state index in [2.05, 4.69) is 16.0 Å². The summed E-state index contributed by atoms with van der Waals surface area (Å²) >= 11 is 6.85. The zero-order valence-electron chi connectivity index (χ0n) is 18.3. The van der Waals surface area contributed by atoms with Gasteiger partial charge in [0.25, 0.3) is 0 Å². The monoisotopic (exact) mass is 479 g/mol. The van der Waals surface area contributed by atoms with Crippen LogP contribution < -0.4 is 16.0 Å². The number of rotatable bonds is 8. The van der Waals surface area contributed by atoms with E-state index < -0.39 is 5.97 Å². The van der Waals surface area contributed by atoms with Gasteiger partial charge in [0.1, 0.15) is 0 Å². The van der Waals surface area contributed by atoms with Crippen LogP contribution in [0.5, 0.6) is 0 Å². The van der Waals surface area contributed by atoms with Crippen LogP contribution >= 0.6 is 24.0 Å². The standard InChI is InChI=1S/C25H25N3O3S2/c1-3-22(23(29)28-21-15-8-7-14-20(21)24(30)31-2)33-19-13-9-12-18(16-19)27-25(32)26-17-10-5-4-6-11-17/h4-16,22H,3H2,1-2H3,(H,28,29)(H2,26,27,32). The normalized spacial score (nSPS) is 11.2. The summed E-state index contributed by atoms with van der Waals surface area (Å²) in [5.74, 6) is -0.677. The molecule has 0 fully saturated rings. The van der Waals surface area contributed by atoms with Gasteiger partial charge in [0.05, 0.1) is 23.6 Å². The van der Waals surface area contributed by atoms with Gasteiger partial charge in [-0.15, -0.1) is 11.8 Å². The Labute approximate surface area is 203 Å². The summed E-state index contributed by atoms with van der Waals surface area (Å²) in [5, 5.41) is 9.31. The van der Waals surface area contributed by atoms with E-state index in [0.717, 1.165) is 16.3 Å². The van der Waals surface area contributed by atoms with E-state index in [1.54, 1.807) is 24.3 Å². The number of hydrogen-bond acceptors (Lipinski definition) is 5. The number of amides is 1. The highest BCUT2D eigenvalue weighted by Gasteiger charge is 2.21. The minimum atomic E-state index is -0.495. The van der Waals surface area contributed by atoms with Crippen LogP contribution in [-0.2, 0) is 9.53 Å². The molecule has 1 atom stereocenters. The van der Waals surface area contributed by atoms with Gasteiger partial charge in [-0.05, 0) is 61.1 Å². The lowest BCUT2D eigenvalue weighted by molar-refractivity contribution is -0.115. The Bertz CT molecular complexity index is 1120. The molecule has 3 aromatic rings. The van der Waals surface area contributed by atoms with Crippen LogP contribution in [-0.4, -0.2) is 29.3 Å². The largest absolute Gasteiger partial charge is 0.465 e. The van der Waals surface area contributed by atoms with E-state index in [1.165, 1.54) is 18.9 Å². The summed E-state index contributed by atoms with van der Waals surface area (Å²) in [5.41, 5.74) is 2.47. The number of carbonyl (C=O) groups excluding carboxylic acids is 2.